The zero-order valence-corrected chi connectivity index (χ0v) is 9.13. The summed E-state index contributed by atoms with van der Waals surface area (Å²) in [5, 5.41) is 0. The number of rotatable bonds is 5. The van der Waals surface area contributed by atoms with Crippen molar-refractivity contribution in [2.24, 2.45) is 0 Å². The summed E-state index contributed by atoms with van der Waals surface area (Å²) in [7, 11) is 0. The molecular weight excluding hydrogens is 214 g/mol. The maximum atomic E-state index is 13.2. The van der Waals surface area contributed by atoms with Gasteiger partial charge in [0, 0.05) is 5.56 Å². The van der Waals surface area contributed by atoms with Crippen LogP contribution >= 0.6 is 0 Å². The first kappa shape index (κ1) is 12.6. The number of esters is 1. The number of hydrogen-bond acceptors (Lipinski definition) is 2. The average Bonchev–Trinajstić information content (AvgIpc) is 2.24. The largest absolute Gasteiger partial charge is 0.465 e. The molecule has 0 spiro atoms. The van der Waals surface area contributed by atoms with E-state index in [1.807, 2.05) is 6.92 Å². The molecule has 1 rings (SSSR count). The minimum absolute atomic E-state index is 0.232. The molecular formula is C12H14F2O2. The Balaban J connectivity index is 2.56. The van der Waals surface area contributed by atoms with Crippen molar-refractivity contribution in [2.45, 2.75) is 26.2 Å². The SMILES string of the molecule is CCCCOC(=O)Cc1c(F)cccc1F. The maximum Gasteiger partial charge on any atom is 0.310 e. The molecule has 0 saturated carbocycles. The molecule has 2 nitrogen and oxygen atoms in total. The number of unbranched alkanes of at least 4 members (excludes halogenated alkanes) is 1. The van der Waals surface area contributed by atoms with Gasteiger partial charge in [-0.05, 0) is 18.6 Å². The topological polar surface area (TPSA) is 26.3 Å². The van der Waals surface area contributed by atoms with Crippen LogP contribution in [-0.4, -0.2) is 12.6 Å². The van der Waals surface area contributed by atoms with E-state index in [2.05, 4.69) is 0 Å². The molecule has 0 aliphatic carbocycles. The molecule has 88 valence electrons. The second kappa shape index (κ2) is 6.20. The third kappa shape index (κ3) is 3.61. The van der Waals surface area contributed by atoms with Gasteiger partial charge in [-0.25, -0.2) is 8.78 Å². The lowest BCUT2D eigenvalue weighted by Crippen LogP contribution is -2.11. The fourth-order valence-electron chi connectivity index (χ4n) is 1.23. The number of halogens is 2. The highest BCUT2D eigenvalue weighted by atomic mass is 19.1. The predicted octanol–water partition coefficient (Wildman–Crippen LogP) is 2.85. The van der Waals surface area contributed by atoms with Gasteiger partial charge in [0.05, 0.1) is 13.0 Å². The standard InChI is InChI=1S/C12H14F2O2/c1-2-3-7-16-12(15)8-9-10(13)5-4-6-11(9)14/h4-6H,2-3,7-8H2,1H3. The minimum Gasteiger partial charge on any atom is -0.465 e. The van der Waals surface area contributed by atoms with Gasteiger partial charge in [-0.3, -0.25) is 4.79 Å². The molecule has 0 bridgehead atoms. The summed E-state index contributed by atoms with van der Waals surface area (Å²) in [4.78, 5) is 11.2. The Labute approximate surface area is 93.2 Å². The Kier molecular flexibility index (Phi) is 4.89. The Morgan fingerprint density at radius 2 is 1.94 bits per heavy atom. The lowest BCUT2D eigenvalue weighted by Gasteiger charge is -2.05. The van der Waals surface area contributed by atoms with E-state index in [-0.39, 0.29) is 12.0 Å². The summed E-state index contributed by atoms with van der Waals surface area (Å²) in [5.74, 6) is -2.03. The van der Waals surface area contributed by atoms with Crippen molar-refractivity contribution in [1.82, 2.24) is 0 Å². The Morgan fingerprint density at radius 3 is 2.50 bits per heavy atom. The fraction of sp³-hybridized carbons (Fsp3) is 0.417. The van der Waals surface area contributed by atoms with E-state index in [9.17, 15) is 13.6 Å². The molecule has 0 radical (unpaired) electrons. The molecule has 1 aromatic rings. The van der Waals surface area contributed by atoms with Crippen molar-refractivity contribution in [1.29, 1.82) is 0 Å². The van der Waals surface area contributed by atoms with Crippen LogP contribution in [0.5, 0.6) is 0 Å². The summed E-state index contributed by atoms with van der Waals surface area (Å²) in [6.45, 7) is 2.26. The van der Waals surface area contributed by atoms with Crippen LogP contribution in [0.3, 0.4) is 0 Å². The Morgan fingerprint density at radius 1 is 1.31 bits per heavy atom. The van der Waals surface area contributed by atoms with Crippen molar-refractivity contribution in [3.05, 3.63) is 35.4 Å². The fourth-order valence-corrected chi connectivity index (χ4v) is 1.23. The van der Waals surface area contributed by atoms with Crippen LogP contribution in [0.4, 0.5) is 8.78 Å². The summed E-state index contributed by atoms with van der Waals surface area (Å²) < 4.78 is 31.1. The lowest BCUT2D eigenvalue weighted by molar-refractivity contribution is -0.143. The quantitative estimate of drug-likeness (QED) is 0.572. The van der Waals surface area contributed by atoms with Gasteiger partial charge in [-0.1, -0.05) is 19.4 Å². The third-order valence-corrected chi connectivity index (χ3v) is 2.14. The van der Waals surface area contributed by atoms with Crippen molar-refractivity contribution >= 4 is 5.97 Å². The molecule has 4 heteroatoms. The van der Waals surface area contributed by atoms with Gasteiger partial charge < -0.3 is 4.74 Å². The van der Waals surface area contributed by atoms with Crippen molar-refractivity contribution in [3.8, 4) is 0 Å². The summed E-state index contributed by atoms with van der Waals surface area (Å²) in [6, 6.07) is 3.51. The van der Waals surface area contributed by atoms with Gasteiger partial charge >= 0.3 is 5.97 Å². The van der Waals surface area contributed by atoms with E-state index in [1.54, 1.807) is 0 Å². The zero-order chi connectivity index (χ0) is 12.0. The van der Waals surface area contributed by atoms with Crippen LogP contribution in [0, 0.1) is 11.6 Å². The second-order valence-corrected chi connectivity index (χ2v) is 3.45. The molecule has 0 unspecified atom stereocenters. The Bertz CT molecular complexity index is 344. The molecule has 0 saturated heterocycles. The first-order valence-electron chi connectivity index (χ1n) is 5.23. The van der Waals surface area contributed by atoms with E-state index in [1.165, 1.54) is 6.07 Å². The molecule has 0 heterocycles. The highest BCUT2D eigenvalue weighted by molar-refractivity contribution is 5.72. The minimum atomic E-state index is -0.715. The van der Waals surface area contributed by atoms with Crippen LogP contribution in [0.15, 0.2) is 18.2 Å². The molecule has 1 aromatic carbocycles. The lowest BCUT2D eigenvalue weighted by atomic mass is 10.1. The highest BCUT2D eigenvalue weighted by Crippen LogP contribution is 2.13. The van der Waals surface area contributed by atoms with Crippen LogP contribution in [0.2, 0.25) is 0 Å². The molecule has 0 N–H and O–H groups in total. The van der Waals surface area contributed by atoms with Gasteiger partial charge in [-0.2, -0.15) is 0 Å². The van der Waals surface area contributed by atoms with Gasteiger partial charge in [0.2, 0.25) is 0 Å². The number of carbonyl (C=O) groups excluding carboxylic acids is 1. The summed E-state index contributed by atoms with van der Waals surface area (Å²) in [5.41, 5.74) is -0.232. The van der Waals surface area contributed by atoms with Crippen LogP contribution < -0.4 is 0 Å². The van der Waals surface area contributed by atoms with Gasteiger partial charge in [-0.15, -0.1) is 0 Å². The average molecular weight is 228 g/mol. The van der Waals surface area contributed by atoms with Crippen molar-refractivity contribution in [3.63, 3.8) is 0 Å². The summed E-state index contributed by atoms with van der Waals surface area (Å²) >= 11 is 0. The molecule has 0 aliphatic rings. The number of carbonyl (C=O) groups is 1. The third-order valence-electron chi connectivity index (χ3n) is 2.14. The van der Waals surface area contributed by atoms with E-state index < -0.39 is 17.6 Å². The molecule has 0 fully saturated rings. The van der Waals surface area contributed by atoms with Gasteiger partial charge in [0.25, 0.3) is 0 Å². The zero-order valence-electron chi connectivity index (χ0n) is 9.13. The van der Waals surface area contributed by atoms with Gasteiger partial charge in [0.15, 0.2) is 0 Å². The Hall–Kier alpha value is -1.45. The number of ether oxygens (including phenoxy) is 1. The van der Waals surface area contributed by atoms with Crippen LogP contribution in [0.1, 0.15) is 25.3 Å². The molecule has 0 amide bonds. The van der Waals surface area contributed by atoms with E-state index in [0.717, 1.165) is 25.0 Å². The molecule has 0 aromatic heterocycles. The normalized spacial score (nSPS) is 10.2. The van der Waals surface area contributed by atoms with E-state index in [0.29, 0.717) is 6.61 Å². The molecule has 0 aliphatic heterocycles. The number of benzene rings is 1. The van der Waals surface area contributed by atoms with Crippen molar-refractivity contribution in [2.75, 3.05) is 6.61 Å². The van der Waals surface area contributed by atoms with Crippen LogP contribution in [0.25, 0.3) is 0 Å². The number of hydrogen-bond donors (Lipinski definition) is 0. The highest BCUT2D eigenvalue weighted by Gasteiger charge is 2.13. The first-order valence-corrected chi connectivity index (χ1v) is 5.23. The molecule has 16 heavy (non-hydrogen) atoms. The predicted molar refractivity (Wildman–Crippen MR) is 55.9 cm³/mol. The summed E-state index contributed by atoms with van der Waals surface area (Å²) in [6.07, 6.45) is 1.30. The monoisotopic (exact) mass is 228 g/mol. The van der Waals surface area contributed by atoms with E-state index in [4.69, 9.17) is 4.74 Å². The second-order valence-electron chi connectivity index (χ2n) is 3.45. The smallest absolute Gasteiger partial charge is 0.310 e. The van der Waals surface area contributed by atoms with Gasteiger partial charge in [0.1, 0.15) is 11.6 Å². The first-order chi connectivity index (χ1) is 7.65. The molecule has 0 atom stereocenters. The van der Waals surface area contributed by atoms with Crippen molar-refractivity contribution < 1.29 is 18.3 Å². The van der Waals surface area contributed by atoms with Crippen LogP contribution in [-0.2, 0) is 16.0 Å². The maximum absolute atomic E-state index is 13.2. The van der Waals surface area contributed by atoms with E-state index >= 15 is 0 Å².